The van der Waals surface area contributed by atoms with E-state index in [9.17, 15) is 4.79 Å². The van der Waals surface area contributed by atoms with Gasteiger partial charge in [0.2, 0.25) is 0 Å². The van der Waals surface area contributed by atoms with E-state index in [1.807, 2.05) is 50.2 Å². The van der Waals surface area contributed by atoms with Gasteiger partial charge in [0.1, 0.15) is 0 Å². The molecule has 1 N–H and O–H groups in total. The first-order chi connectivity index (χ1) is 12.7. The summed E-state index contributed by atoms with van der Waals surface area (Å²) in [6.07, 6.45) is 1.45. The summed E-state index contributed by atoms with van der Waals surface area (Å²) in [5.41, 5.74) is 5.75. The number of thiazole rings is 1. The van der Waals surface area contributed by atoms with Crippen LogP contribution in [0.4, 0.5) is 0 Å². The molecule has 3 aromatic rings. The van der Waals surface area contributed by atoms with Gasteiger partial charge in [0.15, 0.2) is 4.34 Å². The molecule has 134 valence electrons. The number of benzene rings is 2. The summed E-state index contributed by atoms with van der Waals surface area (Å²) < 4.78 is 2.06. The molecule has 0 radical (unpaired) electrons. The molecule has 0 aliphatic heterocycles. The maximum absolute atomic E-state index is 12.5. The Bertz CT molecular complexity index is 873. The Morgan fingerprint density at radius 3 is 2.65 bits per heavy atom. The standard InChI is InChI=1S/C20H21N3OS2/c1-3-17(25-20-21-16-11-7-8-12-18(16)26-20)19(24)23-22-14(2)13-15-9-5-4-6-10-15/h4-12,17H,3,13H2,1-2H3,(H,23,24)/b22-14+. The third-order valence-electron chi connectivity index (χ3n) is 3.84. The molecule has 1 heterocycles. The van der Waals surface area contributed by atoms with Crippen LogP contribution in [0.5, 0.6) is 0 Å². The van der Waals surface area contributed by atoms with Gasteiger partial charge in [-0.15, -0.1) is 11.3 Å². The molecule has 2 aromatic carbocycles. The summed E-state index contributed by atoms with van der Waals surface area (Å²) in [6.45, 7) is 3.93. The molecule has 0 spiro atoms. The molecule has 0 saturated carbocycles. The number of amides is 1. The number of carbonyl (C=O) groups is 1. The largest absolute Gasteiger partial charge is 0.272 e. The smallest absolute Gasteiger partial charge is 0.253 e. The highest BCUT2D eigenvalue weighted by Gasteiger charge is 2.19. The molecular weight excluding hydrogens is 362 g/mol. The molecule has 0 fully saturated rings. The SMILES string of the molecule is CCC(Sc1nc2ccccc2s1)C(=O)N/N=C(\C)Cc1ccccc1. The fourth-order valence-electron chi connectivity index (χ4n) is 2.50. The number of carbonyl (C=O) groups excluding carboxylic acids is 1. The molecule has 26 heavy (non-hydrogen) atoms. The second-order valence-electron chi connectivity index (χ2n) is 5.95. The van der Waals surface area contributed by atoms with Crippen molar-refractivity contribution in [2.45, 2.75) is 36.3 Å². The Kier molecular flexibility index (Phi) is 6.41. The van der Waals surface area contributed by atoms with E-state index < -0.39 is 0 Å². The van der Waals surface area contributed by atoms with Gasteiger partial charge in [0, 0.05) is 12.1 Å². The minimum atomic E-state index is -0.205. The summed E-state index contributed by atoms with van der Waals surface area (Å²) in [4.78, 5) is 17.1. The fourth-order valence-corrected chi connectivity index (χ4v) is 4.73. The van der Waals surface area contributed by atoms with Crippen molar-refractivity contribution in [1.82, 2.24) is 10.4 Å². The summed E-state index contributed by atoms with van der Waals surface area (Å²) in [7, 11) is 0. The Morgan fingerprint density at radius 1 is 1.19 bits per heavy atom. The first-order valence-electron chi connectivity index (χ1n) is 8.55. The van der Waals surface area contributed by atoms with E-state index in [0.717, 1.165) is 33.1 Å². The lowest BCUT2D eigenvalue weighted by Gasteiger charge is -2.11. The van der Waals surface area contributed by atoms with Crippen molar-refractivity contribution >= 4 is 44.9 Å². The number of nitrogens with one attached hydrogen (secondary N) is 1. The van der Waals surface area contributed by atoms with Crippen molar-refractivity contribution in [2.24, 2.45) is 5.10 Å². The Hall–Kier alpha value is -2.18. The van der Waals surface area contributed by atoms with Crippen LogP contribution in [0.2, 0.25) is 0 Å². The number of aromatic nitrogens is 1. The lowest BCUT2D eigenvalue weighted by Crippen LogP contribution is -2.29. The van der Waals surface area contributed by atoms with Gasteiger partial charge in [-0.05, 0) is 31.0 Å². The number of hydrogen-bond acceptors (Lipinski definition) is 5. The molecular formula is C20H21N3OS2. The third-order valence-corrected chi connectivity index (χ3v) is 6.33. The van der Waals surface area contributed by atoms with Crippen LogP contribution in [0.15, 0.2) is 64.0 Å². The topological polar surface area (TPSA) is 54.4 Å². The highest BCUT2D eigenvalue weighted by Crippen LogP contribution is 2.33. The average Bonchev–Trinajstić information content (AvgIpc) is 3.07. The molecule has 1 unspecified atom stereocenters. The molecule has 6 heteroatoms. The normalized spacial score (nSPS) is 12.9. The van der Waals surface area contributed by atoms with Crippen LogP contribution in [0.3, 0.4) is 0 Å². The molecule has 0 bridgehead atoms. The van der Waals surface area contributed by atoms with Crippen molar-refractivity contribution < 1.29 is 4.79 Å². The number of thioether (sulfide) groups is 1. The van der Waals surface area contributed by atoms with Gasteiger partial charge in [0.25, 0.3) is 5.91 Å². The van der Waals surface area contributed by atoms with Gasteiger partial charge < -0.3 is 0 Å². The minimum absolute atomic E-state index is 0.0795. The molecule has 1 amide bonds. The van der Waals surface area contributed by atoms with E-state index in [-0.39, 0.29) is 11.2 Å². The number of nitrogens with zero attached hydrogens (tertiary/aromatic N) is 2. The van der Waals surface area contributed by atoms with Crippen LogP contribution in [-0.2, 0) is 11.2 Å². The number of para-hydroxylation sites is 1. The molecule has 0 saturated heterocycles. The third kappa shape index (κ3) is 4.93. The summed E-state index contributed by atoms with van der Waals surface area (Å²) in [5.74, 6) is -0.0795. The molecule has 3 rings (SSSR count). The minimum Gasteiger partial charge on any atom is -0.272 e. The molecule has 4 nitrogen and oxygen atoms in total. The Balaban J connectivity index is 1.60. The lowest BCUT2D eigenvalue weighted by atomic mass is 10.1. The number of hydrogen-bond donors (Lipinski definition) is 1. The predicted octanol–water partition coefficient (Wildman–Crippen LogP) is 4.90. The zero-order valence-electron chi connectivity index (χ0n) is 14.8. The van der Waals surface area contributed by atoms with Gasteiger partial charge >= 0.3 is 0 Å². The fraction of sp³-hybridized carbons (Fsp3) is 0.250. The van der Waals surface area contributed by atoms with Gasteiger partial charge in [-0.25, -0.2) is 10.4 Å². The molecule has 0 aliphatic carbocycles. The Labute approximate surface area is 161 Å². The van der Waals surface area contributed by atoms with Crippen LogP contribution < -0.4 is 5.43 Å². The quantitative estimate of drug-likeness (QED) is 0.359. The molecule has 1 atom stereocenters. The number of rotatable bonds is 7. The van der Waals surface area contributed by atoms with Crippen molar-refractivity contribution in [2.75, 3.05) is 0 Å². The number of fused-ring (bicyclic) bond motifs is 1. The molecule has 1 aromatic heterocycles. The first kappa shape index (κ1) is 18.6. The summed E-state index contributed by atoms with van der Waals surface area (Å²) in [5, 5.41) is 4.05. The van der Waals surface area contributed by atoms with Gasteiger partial charge in [-0.2, -0.15) is 5.10 Å². The van der Waals surface area contributed by atoms with Crippen LogP contribution in [-0.4, -0.2) is 21.9 Å². The van der Waals surface area contributed by atoms with Crippen LogP contribution in [0.1, 0.15) is 25.8 Å². The highest BCUT2D eigenvalue weighted by molar-refractivity contribution is 8.02. The number of hydrazone groups is 1. The van der Waals surface area contributed by atoms with E-state index in [1.165, 1.54) is 17.3 Å². The maximum Gasteiger partial charge on any atom is 0.253 e. The average molecular weight is 384 g/mol. The van der Waals surface area contributed by atoms with E-state index in [0.29, 0.717) is 0 Å². The van der Waals surface area contributed by atoms with Crippen LogP contribution in [0.25, 0.3) is 10.2 Å². The van der Waals surface area contributed by atoms with Gasteiger partial charge in [-0.1, -0.05) is 61.2 Å². The monoisotopic (exact) mass is 383 g/mol. The van der Waals surface area contributed by atoms with Crippen molar-refractivity contribution in [3.8, 4) is 0 Å². The molecule has 0 aliphatic rings. The predicted molar refractivity (Wildman–Crippen MR) is 111 cm³/mol. The van der Waals surface area contributed by atoms with Crippen molar-refractivity contribution in [3.63, 3.8) is 0 Å². The van der Waals surface area contributed by atoms with Gasteiger partial charge in [-0.3, -0.25) is 4.79 Å². The van der Waals surface area contributed by atoms with Crippen LogP contribution in [0, 0.1) is 0 Å². The van der Waals surface area contributed by atoms with Gasteiger partial charge in [0.05, 0.1) is 15.5 Å². The van der Waals surface area contributed by atoms with Crippen molar-refractivity contribution in [1.29, 1.82) is 0 Å². The van der Waals surface area contributed by atoms with Crippen molar-refractivity contribution in [3.05, 3.63) is 60.2 Å². The van der Waals surface area contributed by atoms with Crippen LogP contribution >= 0.6 is 23.1 Å². The van der Waals surface area contributed by atoms with E-state index in [4.69, 9.17) is 0 Å². The zero-order valence-corrected chi connectivity index (χ0v) is 16.4. The lowest BCUT2D eigenvalue weighted by molar-refractivity contribution is -0.120. The highest BCUT2D eigenvalue weighted by atomic mass is 32.2. The van der Waals surface area contributed by atoms with E-state index in [2.05, 4.69) is 33.7 Å². The summed E-state index contributed by atoms with van der Waals surface area (Å²) >= 11 is 3.12. The zero-order chi connectivity index (χ0) is 18.4. The Morgan fingerprint density at radius 2 is 1.92 bits per heavy atom. The summed E-state index contributed by atoms with van der Waals surface area (Å²) in [6, 6.07) is 18.1. The maximum atomic E-state index is 12.5. The second-order valence-corrected chi connectivity index (χ2v) is 8.43. The second kappa shape index (κ2) is 8.96. The van der Waals surface area contributed by atoms with E-state index >= 15 is 0 Å². The van der Waals surface area contributed by atoms with E-state index in [1.54, 1.807) is 11.3 Å². The first-order valence-corrected chi connectivity index (χ1v) is 10.2.